The van der Waals surface area contributed by atoms with E-state index in [-0.39, 0.29) is 24.8 Å². The summed E-state index contributed by atoms with van der Waals surface area (Å²) in [6.45, 7) is 0. The molecule has 0 unspecified atom stereocenters. The summed E-state index contributed by atoms with van der Waals surface area (Å²) in [5, 5.41) is 0. The van der Waals surface area contributed by atoms with Gasteiger partial charge in [0.15, 0.2) is 0 Å². The summed E-state index contributed by atoms with van der Waals surface area (Å²) in [5.41, 5.74) is 0. The molecule has 4 heteroatoms. The predicted octanol–water partition coefficient (Wildman–Crippen LogP) is 0.722. The van der Waals surface area contributed by atoms with Gasteiger partial charge in [-0.05, 0) is 0 Å². The molecule has 0 N–H and O–H groups in total. The first-order valence-electron chi connectivity index (χ1n) is 0.167. The van der Waals surface area contributed by atoms with Gasteiger partial charge in [0.2, 0.25) is 0 Å². The van der Waals surface area contributed by atoms with Crippen molar-refractivity contribution in [3.05, 3.63) is 0 Å². The van der Waals surface area contributed by atoms with Gasteiger partial charge in [0.05, 0.1) is 0 Å². The van der Waals surface area contributed by atoms with Crippen molar-refractivity contribution in [3.8, 4) is 0 Å². The van der Waals surface area contributed by atoms with Crippen molar-refractivity contribution in [2.45, 2.75) is 0 Å². The van der Waals surface area contributed by atoms with E-state index < -0.39 is 0 Å². The monoisotopic (exact) mass is 186 g/mol. The average Bonchev–Trinajstić information content (AvgIpc) is 1.00. The maximum absolute atomic E-state index is 8.26. The van der Waals surface area contributed by atoms with Crippen LogP contribution in [0.4, 0.5) is 0 Å². The second-order valence-corrected chi connectivity index (χ2v) is 0. The molecular formula is H2Cl2MoO. The molecule has 28 valence electrons. The molecule has 0 atom stereocenters. The van der Waals surface area contributed by atoms with Crippen LogP contribution in [0.1, 0.15) is 0 Å². The van der Waals surface area contributed by atoms with Crippen LogP contribution in [0.2, 0.25) is 0 Å². The van der Waals surface area contributed by atoms with Gasteiger partial charge in [0.1, 0.15) is 0 Å². The topological polar surface area (TPSA) is 17.1 Å². The van der Waals surface area contributed by atoms with Crippen molar-refractivity contribution >= 4 is 24.8 Å². The average molecular weight is 185 g/mol. The van der Waals surface area contributed by atoms with Gasteiger partial charge >= 0.3 is 23.2 Å². The number of rotatable bonds is 0. The molecule has 0 amide bonds. The van der Waals surface area contributed by atoms with Crippen molar-refractivity contribution in [2.75, 3.05) is 0 Å². The zero-order valence-corrected chi connectivity index (χ0v) is 5.27. The molecule has 0 aromatic carbocycles. The molecule has 0 fully saturated rings. The Bertz CT molecular complexity index is 6.00. The van der Waals surface area contributed by atoms with Gasteiger partial charge in [0.25, 0.3) is 0 Å². The molecule has 0 heterocycles. The molecule has 4 heavy (non-hydrogen) atoms. The third-order valence-electron chi connectivity index (χ3n) is 0. The van der Waals surface area contributed by atoms with Crippen LogP contribution in [0.25, 0.3) is 0 Å². The molecule has 0 radical (unpaired) electrons. The van der Waals surface area contributed by atoms with Crippen LogP contribution in [0, 0.1) is 0 Å². The fourth-order valence-electron chi connectivity index (χ4n) is 0. The number of hydrogen-bond acceptors (Lipinski definition) is 1. The Kier molecular flexibility index (Phi) is 165. The van der Waals surface area contributed by atoms with Crippen LogP contribution in [-0.4, -0.2) is 0 Å². The van der Waals surface area contributed by atoms with E-state index in [4.69, 9.17) is 3.40 Å². The van der Waals surface area contributed by atoms with Crippen LogP contribution in [0.15, 0.2) is 0 Å². The standard InChI is InChI=1S/2ClH.Mo.O/h2*1H;;. The zero-order chi connectivity index (χ0) is 2.00. The number of hydrogen-bond donors (Lipinski definition) is 0. The summed E-state index contributed by atoms with van der Waals surface area (Å²) in [6, 6.07) is 0. The van der Waals surface area contributed by atoms with E-state index in [0.29, 0.717) is 19.8 Å². The van der Waals surface area contributed by atoms with Crippen LogP contribution >= 0.6 is 24.8 Å². The SMILES string of the molecule is Cl.Cl.[O]=[Mo]. The predicted molar refractivity (Wildman–Crippen MR) is 15.2 cm³/mol. The summed E-state index contributed by atoms with van der Waals surface area (Å²) in [4.78, 5) is 0. The molecule has 0 rings (SSSR count). The quantitative estimate of drug-likeness (QED) is 0.508. The summed E-state index contributed by atoms with van der Waals surface area (Å²) in [7, 11) is 0. The third kappa shape index (κ3) is 11.5. The van der Waals surface area contributed by atoms with Gasteiger partial charge in [-0.3, -0.25) is 0 Å². The Morgan fingerprint density at radius 3 is 1.00 bits per heavy atom. The van der Waals surface area contributed by atoms with Crippen LogP contribution < -0.4 is 0 Å². The van der Waals surface area contributed by atoms with E-state index in [1.807, 2.05) is 0 Å². The van der Waals surface area contributed by atoms with Crippen LogP contribution in [0.5, 0.6) is 0 Å². The molecule has 0 aromatic rings. The van der Waals surface area contributed by atoms with Gasteiger partial charge in [0, 0.05) is 0 Å². The van der Waals surface area contributed by atoms with E-state index in [2.05, 4.69) is 0 Å². The minimum atomic E-state index is 0. The summed E-state index contributed by atoms with van der Waals surface area (Å²) in [6.07, 6.45) is 0. The van der Waals surface area contributed by atoms with E-state index in [1.165, 1.54) is 0 Å². The van der Waals surface area contributed by atoms with Gasteiger partial charge in [-0.25, -0.2) is 0 Å². The van der Waals surface area contributed by atoms with E-state index >= 15 is 0 Å². The first-order valence-corrected chi connectivity index (χ1v) is 0.986. The van der Waals surface area contributed by atoms with E-state index in [9.17, 15) is 0 Å². The number of halogens is 2. The molecule has 1 nitrogen and oxygen atoms in total. The molecule has 0 saturated carbocycles. The minimum absolute atomic E-state index is 0. The second-order valence-electron chi connectivity index (χ2n) is 0. The Balaban J connectivity index is -0.00000000500. The molecule has 0 spiro atoms. The Morgan fingerprint density at radius 1 is 1.00 bits per heavy atom. The van der Waals surface area contributed by atoms with Gasteiger partial charge < -0.3 is 0 Å². The molecule has 0 aliphatic heterocycles. The fraction of sp³-hybridized carbons (Fsp3) is 0. The van der Waals surface area contributed by atoms with Crippen LogP contribution in [0.3, 0.4) is 0 Å². The van der Waals surface area contributed by atoms with Crippen LogP contribution in [-0.2, 0) is 23.2 Å². The van der Waals surface area contributed by atoms with Crippen molar-refractivity contribution in [1.29, 1.82) is 0 Å². The Labute approximate surface area is 48.2 Å². The van der Waals surface area contributed by atoms with Crippen molar-refractivity contribution in [1.82, 2.24) is 0 Å². The normalized spacial score (nSPS) is 1.00. The van der Waals surface area contributed by atoms with Crippen molar-refractivity contribution in [3.63, 3.8) is 0 Å². The van der Waals surface area contributed by atoms with Crippen molar-refractivity contribution in [2.24, 2.45) is 0 Å². The Hall–Kier alpha value is 1.07. The third-order valence-corrected chi connectivity index (χ3v) is 0. The fourth-order valence-corrected chi connectivity index (χ4v) is 0. The van der Waals surface area contributed by atoms with Gasteiger partial charge in [-0.2, -0.15) is 0 Å². The first kappa shape index (κ1) is 19.6. The molecule has 0 aromatic heterocycles. The molecular weight excluding hydrogens is 183 g/mol. The molecule has 0 saturated heterocycles. The second kappa shape index (κ2) is 33.6. The van der Waals surface area contributed by atoms with E-state index in [1.54, 1.807) is 0 Å². The van der Waals surface area contributed by atoms with Crippen molar-refractivity contribution < 1.29 is 23.2 Å². The summed E-state index contributed by atoms with van der Waals surface area (Å²) >= 11 is 0.700. The first-order chi connectivity index (χ1) is 1.00. The molecule has 0 bridgehead atoms. The molecule has 0 aliphatic rings. The Morgan fingerprint density at radius 2 is 1.00 bits per heavy atom. The van der Waals surface area contributed by atoms with Gasteiger partial charge in [-0.15, -0.1) is 24.8 Å². The zero-order valence-electron chi connectivity index (χ0n) is 1.63. The summed E-state index contributed by atoms with van der Waals surface area (Å²) in [5.74, 6) is 0. The van der Waals surface area contributed by atoms with E-state index in [0.717, 1.165) is 0 Å². The summed E-state index contributed by atoms with van der Waals surface area (Å²) < 4.78 is 8.26. The van der Waals surface area contributed by atoms with Gasteiger partial charge in [-0.1, -0.05) is 0 Å². The maximum atomic E-state index is 8.26. The molecule has 0 aliphatic carbocycles.